The molecule has 0 fully saturated rings. The first-order valence-electron chi connectivity index (χ1n) is 4.84. The van der Waals surface area contributed by atoms with Crippen molar-refractivity contribution < 1.29 is 19.8 Å². The molecule has 1 aromatic rings. The van der Waals surface area contributed by atoms with Crippen molar-refractivity contribution in [1.82, 2.24) is 0 Å². The summed E-state index contributed by atoms with van der Waals surface area (Å²) in [4.78, 5) is 21.6. The molecule has 5 heteroatoms. The van der Waals surface area contributed by atoms with Crippen LogP contribution in [0.15, 0.2) is 12.1 Å². The van der Waals surface area contributed by atoms with E-state index in [2.05, 4.69) is 0 Å². The summed E-state index contributed by atoms with van der Waals surface area (Å²) < 4.78 is 0. The van der Waals surface area contributed by atoms with Crippen LogP contribution in [0.2, 0.25) is 0 Å². The molecule has 0 amide bonds. The van der Waals surface area contributed by atoms with Gasteiger partial charge in [-0.15, -0.1) is 0 Å². The molecule has 1 aromatic carbocycles. The van der Waals surface area contributed by atoms with Crippen LogP contribution >= 0.6 is 0 Å². The van der Waals surface area contributed by atoms with Gasteiger partial charge in [0.15, 0.2) is 0 Å². The van der Waals surface area contributed by atoms with E-state index in [1.165, 1.54) is 0 Å². The van der Waals surface area contributed by atoms with Crippen molar-refractivity contribution >= 4 is 49.7 Å². The molecule has 0 aliphatic carbocycles. The van der Waals surface area contributed by atoms with Gasteiger partial charge in [-0.3, -0.25) is 0 Å². The maximum atomic E-state index is 10.8. The Morgan fingerprint density at radius 1 is 1.00 bits per heavy atom. The second-order valence-corrected chi connectivity index (χ2v) is 3.88. The fraction of sp³-hybridized carbons (Fsp3) is 0.333. The number of carboxylic acids is 2. The monoisotopic (exact) mass is 260 g/mol. The number of hydrogen-bond donors (Lipinski definition) is 0. The van der Waals surface area contributed by atoms with Crippen LogP contribution in [0.3, 0.4) is 0 Å². The smallest absolute Gasteiger partial charge is 0.549 e. The topological polar surface area (TPSA) is 80.3 Å². The molecule has 0 aliphatic rings. The minimum atomic E-state index is -1.71. The fourth-order valence-electron chi connectivity index (χ4n) is 1.98. The van der Waals surface area contributed by atoms with Crippen LogP contribution in [0.5, 0.6) is 0 Å². The molecule has 4 nitrogen and oxygen atoms in total. The molecular weight excluding hydrogens is 248 g/mol. The van der Waals surface area contributed by atoms with E-state index in [4.69, 9.17) is 0 Å². The Kier molecular flexibility index (Phi) is 6.16. The van der Waals surface area contributed by atoms with Gasteiger partial charge < -0.3 is 19.8 Å². The molecular formula is C12H12CaO4. The van der Waals surface area contributed by atoms with Gasteiger partial charge in [0.1, 0.15) is 0 Å². The summed E-state index contributed by atoms with van der Waals surface area (Å²) in [7, 11) is 0. The van der Waals surface area contributed by atoms with Crippen molar-refractivity contribution in [2.45, 2.75) is 26.7 Å². The average Bonchev–Trinajstić information content (AvgIpc) is 2.09. The zero-order valence-corrected chi connectivity index (χ0v) is 12.3. The van der Waals surface area contributed by atoms with E-state index in [0.29, 0.717) is 11.1 Å². The molecule has 0 saturated heterocycles. The van der Waals surface area contributed by atoms with Crippen molar-refractivity contribution in [3.63, 3.8) is 0 Å². The molecule has 0 saturated carbocycles. The second kappa shape index (κ2) is 6.38. The molecule has 1 rings (SSSR count). The molecule has 17 heavy (non-hydrogen) atoms. The first kappa shape index (κ1) is 16.4. The first-order valence-corrected chi connectivity index (χ1v) is 4.84. The van der Waals surface area contributed by atoms with Crippen molar-refractivity contribution in [1.29, 1.82) is 0 Å². The Hall–Kier alpha value is -0.580. The van der Waals surface area contributed by atoms with Crippen molar-refractivity contribution in [2.24, 2.45) is 0 Å². The number of carboxylic acid groups (broad SMARTS) is 2. The molecule has 0 N–H and O–H groups in total. The Bertz CT molecular complexity index is 417. The molecule has 86 valence electrons. The standard InChI is InChI=1S/C12H14O4.Ca/c1-6-4-7(2)9(8(3)5-6)10(11(13)14)12(15)16;/h4-5,10H,1-3H3,(H,13,14)(H,15,16);/q;+2/p-2. The SMILES string of the molecule is Cc1cc(C)c(C(C(=O)[O-])C(=O)[O-])c(C)c1.[Ca+2]. The van der Waals surface area contributed by atoms with Crippen molar-refractivity contribution in [2.75, 3.05) is 0 Å². The predicted molar refractivity (Wildman–Crippen MR) is 59.2 cm³/mol. The maximum absolute atomic E-state index is 10.8. The molecule has 0 unspecified atom stereocenters. The summed E-state index contributed by atoms with van der Waals surface area (Å²) in [5, 5.41) is 21.6. The summed E-state index contributed by atoms with van der Waals surface area (Å²) in [6.45, 7) is 5.21. The van der Waals surface area contributed by atoms with Crippen LogP contribution < -0.4 is 10.2 Å². The third kappa shape index (κ3) is 3.69. The molecule has 0 bridgehead atoms. The van der Waals surface area contributed by atoms with Gasteiger partial charge in [-0.2, -0.15) is 0 Å². The summed E-state index contributed by atoms with van der Waals surface area (Å²) in [6.07, 6.45) is 0. The zero-order chi connectivity index (χ0) is 12.5. The third-order valence-electron chi connectivity index (χ3n) is 2.50. The van der Waals surface area contributed by atoms with E-state index in [1.54, 1.807) is 26.0 Å². The van der Waals surface area contributed by atoms with E-state index in [0.717, 1.165) is 5.56 Å². The first-order chi connectivity index (χ1) is 7.34. The summed E-state index contributed by atoms with van der Waals surface area (Å²) in [6, 6.07) is 3.47. The number of carbonyl (C=O) groups excluding carboxylic acids is 2. The number of aliphatic carboxylic acids is 2. The van der Waals surface area contributed by atoms with E-state index in [-0.39, 0.29) is 43.3 Å². The molecule has 0 heterocycles. The normalized spacial score (nSPS) is 9.88. The number of benzene rings is 1. The van der Waals surface area contributed by atoms with Gasteiger partial charge >= 0.3 is 37.7 Å². The van der Waals surface area contributed by atoms with Crippen LogP contribution in [0.1, 0.15) is 28.2 Å². The van der Waals surface area contributed by atoms with E-state index >= 15 is 0 Å². The van der Waals surface area contributed by atoms with Crippen LogP contribution in [-0.2, 0) is 9.59 Å². The third-order valence-corrected chi connectivity index (χ3v) is 2.50. The Morgan fingerprint density at radius 2 is 1.35 bits per heavy atom. The molecule has 0 atom stereocenters. The average molecular weight is 260 g/mol. The Morgan fingerprint density at radius 3 is 1.65 bits per heavy atom. The van der Waals surface area contributed by atoms with Gasteiger partial charge in [0, 0.05) is 0 Å². The molecule has 0 aromatic heterocycles. The largest absolute Gasteiger partial charge is 2.00 e. The number of aryl methyl sites for hydroxylation is 3. The summed E-state index contributed by atoms with van der Waals surface area (Å²) in [5.74, 6) is -4.99. The van der Waals surface area contributed by atoms with Crippen molar-refractivity contribution in [3.8, 4) is 0 Å². The van der Waals surface area contributed by atoms with Gasteiger partial charge in [-0.25, -0.2) is 0 Å². The second-order valence-electron chi connectivity index (χ2n) is 3.88. The molecule has 0 radical (unpaired) electrons. The van der Waals surface area contributed by atoms with Crippen LogP contribution in [0.25, 0.3) is 0 Å². The van der Waals surface area contributed by atoms with Crippen molar-refractivity contribution in [3.05, 3.63) is 34.4 Å². The summed E-state index contributed by atoms with van der Waals surface area (Å²) in [5.41, 5.74) is 2.45. The van der Waals surface area contributed by atoms with E-state index in [9.17, 15) is 19.8 Å². The van der Waals surface area contributed by atoms with Crippen LogP contribution in [0, 0.1) is 20.8 Å². The number of rotatable bonds is 3. The molecule has 0 spiro atoms. The summed E-state index contributed by atoms with van der Waals surface area (Å²) >= 11 is 0. The van der Waals surface area contributed by atoms with E-state index < -0.39 is 17.9 Å². The Labute approximate surface area is 130 Å². The maximum Gasteiger partial charge on any atom is 2.00 e. The van der Waals surface area contributed by atoms with Gasteiger partial charge in [0.2, 0.25) is 0 Å². The minimum Gasteiger partial charge on any atom is -0.549 e. The predicted octanol–water partition coefficient (Wildman–Crippen LogP) is -1.19. The Balaban J connectivity index is 0.00000256. The molecule has 0 aliphatic heterocycles. The van der Waals surface area contributed by atoms with Gasteiger partial charge in [0.25, 0.3) is 0 Å². The number of carbonyl (C=O) groups is 2. The zero-order valence-electron chi connectivity index (χ0n) is 10.1. The van der Waals surface area contributed by atoms with Gasteiger partial charge in [-0.05, 0) is 37.5 Å². The van der Waals surface area contributed by atoms with Gasteiger partial charge in [-0.1, -0.05) is 17.7 Å². The fourth-order valence-corrected chi connectivity index (χ4v) is 1.98. The van der Waals surface area contributed by atoms with Crippen LogP contribution in [0.4, 0.5) is 0 Å². The quantitative estimate of drug-likeness (QED) is 0.506. The minimum absolute atomic E-state index is 0. The number of hydrogen-bond acceptors (Lipinski definition) is 4. The van der Waals surface area contributed by atoms with Crippen LogP contribution in [-0.4, -0.2) is 49.7 Å². The van der Waals surface area contributed by atoms with Gasteiger partial charge in [0.05, 0.1) is 17.9 Å². The van der Waals surface area contributed by atoms with E-state index in [1.807, 2.05) is 6.92 Å².